The molecule has 0 aromatic carbocycles. The standard InChI is InChI=1S/C19H31N5O2/c25-19(24-9-1-2-15(14-24)18-20-7-8-21-18)22-16-3-10-23(11-4-16)17-5-12-26-13-6-17/h7-8,15-17H,1-6,9-14H2,(H,20,21)(H,22,25). The van der Waals surface area contributed by atoms with E-state index in [0.29, 0.717) is 18.0 Å². The SMILES string of the molecule is O=C(NC1CCN(C2CCOCC2)CC1)N1CCCC(c2ncc[nH]2)C1. The highest BCUT2D eigenvalue weighted by Gasteiger charge is 2.30. The number of amides is 2. The number of ether oxygens (including phenoxy) is 1. The highest BCUT2D eigenvalue weighted by molar-refractivity contribution is 5.74. The lowest BCUT2D eigenvalue weighted by Crippen LogP contribution is -2.53. The molecule has 1 aromatic heterocycles. The Labute approximate surface area is 155 Å². The van der Waals surface area contributed by atoms with Crippen molar-refractivity contribution in [3.63, 3.8) is 0 Å². The van der Waals surface area contributed by atoms with E-state index >= 15 is 0 Å². The molecule has 3 saturated heterocycles. The molecule has 4 rings (SSSR count). The molecule has 0 spiro atoms. The molecule has 4 heterocycles. The van der Waals surface area contributed by atoms with Gasteiger partial charge in [0.1, 0.15) is 5.82 Å². The quantitative estimate of drug-likeness (QED) is 0.863. The van der Waals surface area contributed by atoms with Crippen LogP contribution in [0, 0.1) is 0 Å². The number of likely N-dealkylation sites (tertiary alicyclic amines) is 2. The third-order valence-corrected chi connectivity index (χ3v) is 6.18. The number of hydrogen-bond acceptors (Lipinski definition) is 4. The van der Waals surface area contributed by atoms with Crippen LogP contribution in [0.2, 0.25) is 0 Å². The van der Waals surface area contributed by atoms with Crippen molar-refractivity contribution >= 4 is 6.03 Å². The molecule has 0 aliphatic carbocycles. The van der Waals surface area contributed by atoms with Gasteiger partial charge in [-0.05, 0) is 38.5 Å². The molecule has 2 N–H and O–H groups in total. The van der Waals surface area contributed by atoms with E-state index in [4.69, 9.17) is 4.74 Å². The van der Waals surface area contributed by atoms with Crippen molar-refractivity contribution in [1.82, 2.24) is 25.1 Å². The van der Waals surface area contributed by atoms with Crippen LogP contribution < -0.4 is 5.32 Å². The monoisotopic (exact) mass is 361 g/mol. The maximum Gasteiger partial charge on any atom is 0.317 e. The molecule has 0 radical (unpaired) electrons. The fraction of sp³-hybridized carbons (Fsp3) is 0.789. The van der Waals surface area contributed by atoms with Gasteiger partial charge in [-0.1, -0.05) is 0 Å². The number of nitrogens with zero attached hydrogens (tertiary/aromatic N) is 3. The van der Waals surface area contributed by atoms with Gasteiger partial charge < -0.3 is 24.8 Å². The lowest BCUT2D eigenvalue weighted by atomic mass is 9.97. The minimum absolute atomic E-state index is 0.103. The van der Waals surface area contributed by atoms with E-state index in [-0.39, 0.29) is 6.03 Å². The molecule has 1 atom stereocenters. The molecule has 3 aliphatic rings. The van der Waals surface area contributed by atoms with Crippen molar-refractivity contribution in [2.75, 3.05) is 39.4 Å². The summed E-state index contributed by atoms with van der Waals surface area (Å²) in [6.45, 7) is 5.58. The van der Waals surface area contributed by atoms with Crippen LogP contribution in [0.5, 0.6) is 0 Å². The predicted molar refractivity (Wildman–Crippen MR) is 99.1 cm³/mol. The fourth-order valence-corrected chi connectivity index (χ4v) is 4.61. The molecule has 144 valence electrons. The largest absolute Gasteiger partial charge is 0.381 e. The van der Waals surface area contributed by atoms with Crippen LogP contribution in [0.1, 0.15) is 50.3 Å². The van der Waals surface area contributed by atoms with Crippen LogP contribution in [-0.4, -0.2) is 77.3 Å². The molecule has 0 bridgehead atoms. The van der Waals surface area contributed by atoms with Crippen molar-refractivity contribution in [2.45, 2.75) is 56.5 Å². The topological polar surface area (TPSA) is 73.5 Å². The van der Waals surface area contributed by atoms with Crippen molar-refractivity contribution in [1.29, 1.82) is 0 Å². The summed E-state index contributed by atoms with van der Waals surface area (Å²) in [6, 6.07) is 1.09. The average Bonchev–Trinajstić information content (AvgIpc) is 3.24. The maximum atomic E-state index is 12.7. The number of nitrogens with one attached hydrogen (secondary N) is 2. The number of hydrogen-bond donors (Lipinski definition) is 2. The summed E-state index contributed by atoms with van der Waals surface area (Å²) in [4.78, 5) is 24.9. The fourth-order valence-electron chi connectivity index (χ4n) is 4.61. The number of piperidine rings is 2. The normalized spacial score (nSPS) is 26.8. The first-order valence-electron chi connectivity index (χ1n) is 10.2. The zero-order valence-corrected chi connectivity index (χ0v) is 15.5. The number of carbonyl (C=O) groups is 1. The number of urea groups is 1. The molecule has 1 unspecified atom stereocenters. The summed E-state index contributed by atoms with van der Waals surface area (Å²) in [6.07, 6.45) is 10.2. The molecule has 2 amide bonds. The van der Waals surface area contributed by atoms with Gasteiger partial charge in [0, 0.05) is 69.8 Å². The Morgan fingerprint density at radius 3 is 2.69 bits per heavy atom. The van der Waals surface area contributed by atoms with Crippen LogP contribution in [0.4, 0.5) is 4.79 Å². The van der Waals surface area contributed by atoms with Crippen LogP contribution in [0.15, 0.2) is 12.4 Å². The van der Waals surface area contributed by atoms with Crippen LogP contribution in [0.25, 0.3) is 0 Å². The minimum Gasteiger partial charge on any atom is -0.381 e. The summed E-state index contributed by atoms with van der Waals surface area (Å²) < 4.78 is 5.47. The van der Waals surface area contributed by atoms with Gasteiger partial charge in [-0.25, -0.2) is 9.78 Å². The second-order valence-electron chi connectivity index (χ2n) is 7.86. The Morgan fingerprint density at radius 1 is 1.15 bits per heavy atom. The van der Waals surface area contributed by atoms with Crippen LogP contribution >= 0.6 is 0 Å². The van der Waals surface area contributed by atoms with E-state index in [2.05, 4.69) is 20.2 Å². The highest BCUT2D eigenvalue weighted by atomic mass is 16.5. The Balaban J connectivity index is 1.23. The summed E-state index contributed by atoms with van der Waals surface area (Å²) in [5, 5.41) is 3.28. The Hall–Kier alpha value is -1.60. The summed E-state index contributed by atoms with van der Waals surface area (Å²) in [5.41, 5.74) is 0. The number of aromatic nitrogens is 2. The zero-order chi connectivity index (χ0) is 17.8. The van der Waals surface area contributed by atoms with Gasteiger partial charge in [0.2, 0.25) is 0 Å². The van der Waals surface area contributed by atoms with Gasteiger partial charge in [0.25, 0.3) is 0 Å². The summed E-state index contributed by atoms with van der Waals surface area (Å²) >= 11 is 0. The second kappa shape index (κ2) is 8.39. The Morgan fingerprint density at radius 2 is 1.96 bits per heavy atom. The summed E-state index contributed by atoms with van der Waals surface area (Å²) in [7, 11) is 0. The minimum atomic E-state index is 0.103. The molecule has 0 saturated carbocycles. The van der Waals surface area contributed by atoms with Gasteiger partial charge >= 0.3 is 6.03 Å². The van der Waals surface area contributed by atoms with E-state index < -0.39 is 0 Å². The molecular weight excluding hydrogens is 330 g/mol. The summed E-state index contributed by atoms with van der Waals surface area (Å²) in [5.74, 6) is 1.34. The number of carbonyl (C=O) groups excluding carboxylic acids is 1. The van der Waals surface area contributed by atoms with Gasteiger partial charge in [0.05, 0.1) is 0 Å². The van der Waals surface area contributed by atoms with Crippen molar-refractivity contribution < 1.29 is 9.53 Å². The Kier molecular flexibility index (Phi) is 5.75. The first-order valence-corrected chi connectivity index (χ1v) is 10.2. The van der Waals surface area contributed by atoms with E-state index in [0.717, 1.165) is 83.7 Å². The number of rotatable bonds is 3. The van der Waals surface area contributed by atoms with Gasteiger partial charge in [0.15, 0.2) is 0 Å². The van der Waals surface area contributed by atoms with Crippen molar-refractivity contribution in [2.24, 2.45) is 0 Å². The maximum absolute atomic E-state index is 12.7. The lowest BCUT2D eigenvalue weighted by molar-refractivity contribution is 0.0241. The van der Waals surface area contributed by atoms with Gasteiger partial charge in [-0.2, -0.15) is 0 Å². The molecule has 26 heavy (non-hydrogen) atoms. The van der Waals surface area contributed by atoms with Crippen LogP contribution in [-0.2, 0) is 4.74 Å². The first kappa shape index (κ1) is 17.8. The lowest BCUT2D eigenvalue weighted by Gasteiger charge is -2.40. The van der Waals surface area contributed by atoms with E-state index in [1.807, 2.05) is 11.1 Å². The molecule has 1 aromatic rings. The van der Waals surface area contributed by atoms with Gasteiger partial charge in [-0.15, -0.1) is 0 Å². The average molecular weight is 361 g/mol. The molecule has 7 heteroatoms. The smallest absolute Gasteiger partial charge is 0.317 e. The van der Waals surface area contributed by atoms with Crippen LogP contribution in [0.3, 0.4) is 0 Å². The van der Waals surface area contributed by atoms with Crippen molar-refractivity contribution in [3.8, 4) is 0 Å². The molecule has 3 aliphatic heterocycles. The van der Waals surface area contributed by atoms with Crippen molar-refractivity contribution in [3.05, 3.63) is 18.2 Å². The third kappa shape index (κ3) is 4.20. The number of H-pyrrole nitrogens is 1. The predicted octanol–water partition coefficient (Wildman–Crippen LogP) is 1.94. The third-order valence-electron chi connectivity index (χ3n) is 6.18. The first-order chi connectivity index (χ1) is 12.8. The molecule has 7 nitrogen and oxygen atoms in total. The molecular formula is C19H31N5O2. The number of aromatic amines is 1. The van der Waals surface area contributed by atoms with E-state index in [9.17, 15) is 4.79 Å². The Bertz CT molecular complexity index is 564. The zero-order valence-electron chi connectivity index (χ0n) is 15.5. The number of imidazole rings is 1. The second-order valence-corrected chi connectivity index (χ2v) is 7.86. The van der Waals surface area contributed by atoms with E-state index in [1.54, 1.807) is 6.20 Å². The van der Waals surface area contributed by atoms with Gasteiger partial charge in [-0.3, -0.25) is 0 Å². The van der Waals surface area contributed by atoms with E-state index in [1.165, 1.54) is 0 Å². The molecule has 3 fully saturated rings. The highest BCUT2D eigenvalue weighted by Crippen LogP contribution is 2.25.